The van der Waals surface area contributed by atoms with Crippen LogP contribution in [0.1, 0.15) is 27.6 Å². The molecule has 150 valence electrons. The van der Waals surface area contributed by atoms with Crippen molar-refractivity contribution in [3.63, 3.8) is 0 Å². The van der Waals surface area contributed by atoms with E-state index in [1.807, 2.05) is 101 Å². The molecule has 2 aromatic rings. The molecule has 4 rings (SSSR count). The van der Waals surface area contributed by atoms with Gasteiger partial charge in [-0.05, 0) is 69.6 Å². The first-order valence-corrected chi connectivity index (χ1v) is 9.75. The van der Waals surface area contributed by atoms with E-state index in [-0.39, 0.29) is 34.6 Å². The SMILES string of the molecule is C[C@@H]([C]1[CH][CH][CH][CH]1)C(C(=O)c1ccccc1)C(=O)c1ccccc1.[CH]1[CH][CH][CH][CH]1.[Fe+2]. The first-order chi connectivity index (χ1) is 14.2. The van der Waals surface area contributed by atoms with Crippen molar-refractivity contribution in [3.8, 4) is 0 Å². The molecule has 0 aromatic heterocycles. The van der Waals surface area contributed by atoms with E-state index in [9.17, 15) is 9.59 Å². The third-order valence-corrected chi connectivity index (χ3v) is 4.95. The van der Waals surface area contributed by atoms with Gasteiger partial charge in [-0.3, -0.25) is 9.59 Å². The van der Waals surface area contributed by atoms with Crippen molar-refractivity contribution in [2.45, 2.75) is 6.92 Å². The Morgan fingerprint density at radius 2 is 0.967 bits per heavy atom. The predicted molar refractivity (Wildman–Crippen MR) is 116 cm³/mol. The predicted octanol–water partition coefficient (Wildman–Crippen LogP) is 5.43. The van der Waals surface area contributed by atoms with Gasteiger partial charge >= 0.3 is 17.1 Å². The van der Waals surface area contributed by atoms with Crippen LogP contribution in [0.25, 0.3) is 0 Å². The zero-order valence-electron chi connectivity index (χ0n) is 16.8. The van der Waals surface area contributed by atoms with Crippen molar-refractivity contribution in [1.29, 1.82) is 0 Å². The summed E-state index contributed by atoms with van der Waals surface area (Å²) in [5, 5.41) is 0. The Morgan fingerprint density at radius 1 is 0.600 bits per heavy atom. The Labute approximate surface area is 192 Å². The van der Waals surface area contributed by atoms with Gasteiger partial charge in [0, 0.05) is 11.1 Å². The smallest absolute Gasteiger partial charge is 0.293 e. The Hall–Kier alpha value is -1.70. The number of carbonyl (C=O) groups is 2. The maximum atomic E-state index is 13.1. The van der Waals surface area contributed by atoms with Gasteiger partial charge in [-0.2, -0.15) is 0 Å². The largest absolute Gasteiger partial charge is 2.00 e. The van der Waals surface area contributed by atoms with Crippen LogP contribution in [0, 0.1) is 75.5 Å². The summed E-state index contributed by atoms with van der Waals surface area (Å²) in [6, 6.07) is 18.1. The average molecular weight is 436 g/mol. The molecule has 10 radical (unpaired) electrons. The summed E-state index contributed by atoms with van der Waals surface area (Å²) >= 11 is 0. The molecular formula is C27H24FeO2+2. The molecule has 0 saturated heterocycles. The Bertz CT molecular complexity index is 703. The van der Waals surface area contributed by atoms with Crippen molar-refractivity contribution in [2.24, 2.45) is 11.8 Å². The summed E-state index contributed by atoms with van der Waals surface area (Å²) in [5.41, 5.74) is 1.15. The van der Waals surface area contributed by atoms with Crippen molar-refractivity contribution in [1.82, 2.24) is 0 Å². The fraction of sp³-hybridized carbons (Fsp3) is 0.111. The molecule has 0 bridgehead atoms. The van der Waals surface area contributed by atoms with Crippen LogP contribution in [-0.2, 0) is 17.1 Å². The zero-order valence-corrected chi connectivity index (χ0v) is 17.9. The van der Waals surface area contributed by atoms with Crippen LogP contribution in [0.2, 0.25) is 0 Å². The fourth-order valence-electron chi connectivity index (χ4n) is 3.34. The first kappa shape index (κ1) is 24.6. The monoisotopic (exact) mass is 436 g/mol. The molecule has 0 N–H and O–H groups in total. The molecule has 3 heteroatoms. The summed E-state index contributed by atoms with van der Waals surface area (Å²) in [6.45, 7) is 1.95. The summed E-state index contributed by atoms with van der Waals surface area (Å²) < 4.78 is 0. The van der Waals surface area contributed by atoms with Crippen molar-refractivity contribution >= 4 is 11.6 Å². The molecular weight excluding hydrogens is 412 g/mol. The number of hydrogen-bond acceptors (Lipinski definition) is 2. The van der Waals surface area contributed by atoms with Gasteiger partial charge in [0.05, 0.1) is 5.92 Å². The molecule has 0 amide bonds. The molecule has 2 saturated carbocycles. The number of ketones is 2. The van der Waals surface area contributed by atoms with Crippen molar-refractivity contribution < 1.29 is 26.7 Å². The standard InChI is InChI=1S/C22H19O2.C5H5.Fe/c1-16(17-10-8-9-11-17)20(21(23)18-12-4-2-5-13-18)22(24)19-14-6-3-7-15-19;1-2-4-5-3-1;/h2-16,20H,1H3;1-5H;/q;;+2/t16-;;/m0../s1. The molecule has 2 aromatic carbocycles. The van der Waals surface area contributed by atoms with Gasteiger partial charge in [0.1, 0.15) is 0 Å². The molecule has 2 fully saturated rings. The van der Waals surface area contributed by atoms with Gasteiger partial charge in [-0.1, -0.05) is 67.6 Å². The molecule has 0 heterocycles. The van der Waals surface area contributed by atoms with Crippen LogP contribution in [0.15, 0.2) is 60.7 Å². The first-order valence-electron chi connectivity index (χ1n) is 9.75. The number of benzene rings is 2. The number of Topliss-reactive ketones (excluding diaryl/α,β-unsaturated/α-hetero) is 2. The maximum absolute atomic E-state index is 13.1. The summed E-state index contributed by atoms with van der Waals surface area (Å²) in [7, 11) is 0. The van der Waals surface area contributed by atoms with Gasteiger partial charge in [0.25, 0.3) is 0 Å². The number of rotatable bonds is 6. The topological polar surface area (TPSA) is 34.1 Å². The minimum atomic E-state index is -0.725. The van der Waals surface area contributed by atoms with Crippen molar-refractivity contribution in [3.05, 3.63) is 135 Å². The zero-order chi connectivity index (χ0) is 20.5. The van der Waals surface area contributed by atoms with E-state index in [2.05, 4.69) is 0 Å². The van der Waals surface area contributed by atoms with Gasteiger partial charge in [0.2, 0.25) is 0 Å². The minimum absolute atomic E-state index is 0. The second kappa shape index (κ2) is 12.9. The molecule has 1 atom stereocenters. The third-order valence-electron chi connectivity index (χ3n) is 4.95. The third kappa shape index (κ3) is 6.65. The molecule has 0 unspecified atom stereocenters. The van der Waals surface area contributed by atoms with Crippen molar-refractivity contribution in [2.75, 3.05) is 0 Å². The van der Waals surface area contributed by atoms with E-state index in [1.54, 1.807) is 24.3 Å². The molecule has 0 spiro atoms. The quantitative estimate of drug-likeness (QED) is 0.344. The van der Waals surface area contributed by atoms with E-state index in [0.29, 0.717) is 11.1 Å². The summed E-state index contributed by atoms with van der Waals surface area (Å²) in [4.78, 5) is 26.2. The minimum Gasteiger partial charge on any atom is -0.293 e. The van der Waals surface area contributed by atoms with Gasteiger partial charge in [0.15, 0.2) is 11.6 Å². The normalized spacial score (nSPS) is 17.0. The van der Waals surface area contributed by atoms with E-state index in [1.165, 1.54) is 0 Å². The molecule has 2 aliphatic carbocycles. The Balaban J connectivity index is 0.000000468. The van der Waals surface area contributed by atoms with Gasteiger partial charge in [-0.25, -0.2) is 0 Å². The van der Waals surface area contributed by atoms with Gasteiger partial charge in [-0.15, -0.1) is 0 Å². The van der Waals surface area contributed by atoms with Crippen LogP contribution in [-0.4, -0.2) is 11.6 Å². The number of hydrogen-bond donors (Lipinski definition) is 0. The van der Waals surface area contributed by atoms with Crippen LogP contribution in [0.4, 0.5) is 0 Å². The summed E-state index contributed by atoms with van der Waals surface area (Å²) in [5.74, 6) is -0.150. The van der Waals surface area contributed by atoms with E-state index in [4.69, 9.17) is 0 Å². The van der Waals surface area contributed by atoms with E-state index < -0.39 is 5.92 Å². The summed E-state index contributed by atoms with van der Waals surface area (Å²) in [6.07, 6.45) is 17.8. The Kier molecular flexibility index (Phi) is 10.5. The van der Waals surface area contributed by atoms with Crippen LogP contribution in [0.3, 0.4) is 0 Å². The van der Waals surface area contributed by atoms with Crippen LogP contribution < -0.4 is 0 Å². The average Bonchev–Trinajstić information content (AvgIpc) is 3.52. The molecule has 2 aliphatic rings. The molecule has 30 heavy (non-hydrogen) atoms. The van der Waals surface area contributed by atoms with E-state index in [0.717, 1.165) is 5.92 Å². The second-order valence-electron chi connectivity index (χ2n) is 6.91. The number of carbonyl (C=O) groups excluding carboxylic acids is 2. The fourth-order valence-corrected chi connectivity index (χ4v) is 3.34. The maximum Gasteiger partial charge on any atom is 2.00 e. The van der Waals surface area contributed by atoms with Gasteiger partial charge < -0.3 is 0 Å². The van der Waals surface area contributed by atoms with Crippen LogP contribution in [0.5, 0.6) is 0 Å². The van der Waals surface area contributed by atoms with E-state index >= 15 is 0 Å². The van der Waals surface area contributed by atoms with Crippen LogP contribution >= 0.6 is 0 Å². The molecule has 0 aliphatic heterocycles. The molecule has 2 nitrogen and oxygen atoms in total. The second-order valence-corrected chi connectivity index (χ2v) is 6.91. The Morgan fingerprint density at radius 3 is 1.33 bits per heavy atom.